The fourth-order valence-electron chi connectivity index (χ4n) is 3.59. The minimum atomic E-state index is 0.362. The number of nitrogens with one attached hydrogen (secondary N) is 1. The van der Waals surface area contributed by atoms with Gasteiger partial charge in [0.25, 0.3) is 0 Å². The molecular weight excluding hydrogens is 326 g/mol. The van der Waals surface area contributed by atoms with Crippen LogP contribution in [0.25, 0.3) is 0 Å². The summed E-state index contributed by atoms with van der Waals surface area (Å²) in [6, 6.07) is 6.98. The predicted molar refractivity (Wildman–Crippen MR) is 92.9 cm³/mol. The van der Waals surface area contributed by atoms with Crippen LogP contribution in [0, 0.1) is 5.41 Å². The smallest absolute Gasteiger partial charge is 0.133 e. The predicted octanol–water partition coefficient (Wildman–Crippen LogP) is 5.47. The van der Waals surface area contributed by atoms with Crippen molar-refractivity contribution in [3.8, 4) is 5.75 Å². The third kappa shape index (κ3) is 4.01. The first-order chi connectivity index (χ1) is 10.1. The molecule has 21 heavy (non-hydrogen) atoms. The molecule has 0 saturated heterocycles. The van der Waals surface area contributed by atoms with Crippen molar-refractivity contribution in [1.82, 2.24) is 5.32 Å². The van der Waals surface area contributed by atoms with Crippen molar-refractivity contribution in [1.29, 1.82) is 0 Å². The number of halogens is 1. The van der Waals surface area contributed by atoms with Crippen molar-refractivity contribution in [3.63, 3.8) is 0 Å². The van der Waals surface area contributed by atoms with Gasteiger partial charge in [0.05, 0.1) is 11.1 Å². The Bertz CT molecular complexity index is 455. The highest BCUT2D eigenvalue weighted by molar-refractivity contribution is 9.10. The van der Waals surface area contributed by atoms with Gasteiger partial charge in [0, 0.05) is 6.04 Å². The third-order valence-corrected chi connectivity index (χ3v) is 5.31. The zero-order chi connectivity index (χ0) is 15.3. The fraction of sp³-hybridized carbons (Fsp3) is 0.667. The Morgan fingerprint density at radius 3 is 2.52 bits per heavy atom. The molecule has 1 aliphatic carbocycles. The summed E-state index contributed by atoms with van der Waals surface area (Å²) in [5.74, 6) is 0.935. The maximum absolute atomic E-state index is 5.63. The molecule has 2 nitrogen and oxygen atoms in total. The van der Waals surface area contributed by atoms with E-state index >= 15 is 0 Å². The normalized spacial score (nSPS) is 19.2. The number of rotatable bonds is 6. The van der Waals surface area contributed by atoms with Crippen LogP contribution in [-0.4, -0.2) is 13.2 Å². The first-order valence-corrected chi connectivity index (χ1v) is 9.05. The van der Waals surface area contributed by atoms with E-state index in [2.05, 4.69) is 53.3 Å². The molecule has 0 spiro atoms. The quantitative estimate of drug-likeness (QED) is 0.731. The Morgan fingerprint density at radius 2 is 1.95 bits per heavy atom. The lowest BCUT2D eigenvalue weighted by Gasteiger charge is -2.41. The molecule has 0 heterocycles. The molecule has 0 bridgehead atoms. The molecule has 0 aromatic heterocycles. The Labute approximate surface area is 137 Å². The number of benzene rings is 1. The molecule has 1 unspecified atom stereocenters. The molecule has 1 fully saturated rings. The maximum atomic E-state index is 5.63. The van der Waals surface area contributed by atoms with Gasteiger partial charge in [-0.25, -0.2) is 0 Å². The Kier molecular flexibility index (Phi) is 6.12. The average molecular weight is 354 g/mol. The summed E-state index contributed by atoms with van der Waals surface area (Å²) in [4.78, 5) is 0. The molecule has 1 atom stereocenters. The van der Waals surface area contributed by atoms with E-state index in [-0.39, 0.29) is 0 Å². The van der Waals surface area contributed by atoms with Gasteiger partial charge in [0.1, 0.15) is 5.75 Å². The van der Waals surface area contributed by atoms with Crippen molar-refractivity contribution in [2.24, 2.45) is 5.41 Å². The van der Waals surface area contributed by atoms with Gasteiger partial charge in [-0.15, -0.1) is 0 Å². The monoisotopic (exact) mass is 353 g/mol. The van der Waals surface area contributed by atoms with E-state index in [0.29, 0.717) is 18.1 Å². The van der Waals surface area contributed by atoms with Crippen LogP contribution in [-0.2, 0) is 0 Å². The van der Waals surface area contributed by atoms with E-state index in [1.165, 1.54) is 37.7 Å². The van der Waals surface area contributed by atoms with E-state index in [1.54, 1.807) is 0 Å². The second-order valence-corrected chi connectivity index (χ2v) is 7.18. The van der Waals surface area contributed by atoms with Gasteiger partial charge in [-0.05, 0) is 65.4 Å². The van der Waals surface area contributed by atoms with Crippen LogP contribution in [0.5, 0.6) is 5.75 Å². The number of hydrogen-bond donors (Lipinski definition) is 1. The van der Waals surface area contributed by atoms with E-state index in [1.807, 2.05) is 6.92 Å². The molecule has 1 aromatic carbocycles. The molecule has 1 aliphatic rings. The van der Waals surface area contributed by atoms with Crippen LogP contribution < -0.4 is 10.1 Å². The molecule has 1 saturated carbocycles. The second kappa shape index (κ2) is 7.64. The summed E-state index contributed by atoms with van der Waals surface area (Å²) in [6.07, 6.45) is 6.74. The van der Waals surface area contributed by atoms with Gasteiger partial charge in [0.15, 0.2) is 0 Å². The zero-order valence-corrected chi connectivity index (χ0v) is 15.1. The van der Waals surface area contributed by atoms with Crippen molar-refractivity contribution in [2.75, 3.05) is 13.2 Å². The molecule has 2 rings (SSSR count). The fourth-order valence-corrected chi connectivity index (χ4v) is 4.10. The van der Waals surface area contributed by atoms with Gasteiger partial charge in [-0.2, -0.15) is 0 Å². The summed E-state index contributed by atoms with van der Waals surface area (Å²) >= 11 is 3.66. The first-order valence-electron chi connectivity index (χ1n) is 8.26. The third-order valence-electron chi connectivity index (χ3n) is 4.69. The van der Waals surface area contributed by atoms with Gasteiger partial charge < -0.3 is 10.1 Å². The lowest BCUT2D eigenvalue weighted by Crippen LogP contribution is -2.37. The van der Waals surface area contributed by atoms with Gasteiger partial charge >= 0.3 is 0 Å². The van der Waals surface area contributed by atoms with Gasteiger partial charge in [-0.1, -0.05) is 39.2 Å². The minimum absolute atomic E-state index is 0.362. The minimum Gasteiger partial charge on any atom is -0.493 e. The van der Waals surface area contributed by atoms with Crippen molar-refractivity contribution in [3.05, 3.63) is 28.2 Å². The van der Waals surface area contributed by atoms with Gasteiger partial charge in [-0.3, -0.25) is 0 Å². The maximum Gasteiger partial charge on any atom is 0.133 e. The molecule has 0 aliphatic heterocycles. The molecule has 0 radical (unpaired) electrons. The van der Waals surface area contributed by atoms with Crippen molar-refractivity contribution in [2.45, 2.75) is 58.9 Å². The summed E-state index contributed by atoms with van der Waals surface area (Å²) in [5, 5.41) is 3.73. The molecule has 3 heteroatoms. The van der Waals surface area contributed by atoms with Crippen LogP contribution in [0.15, 0.2) is 22.7 Å². The molecule has 0 amide bonds. The highest BCUT2D eigenvalue weighted by Gasteiger charge is 2.36. The topological polar surface area (TPSA) is 21.3 Å². The number of hydrogen-bond acceptors (Lipinski definition) is 2. The Hall–Kier alpha value is -0.540. The average Bonchev–Trinajstić information content (AvgIpc) is 2.48. The second-order valence-electron chi connectivity index (χ2n) is 6.33. The molecule has 1 N–H and O–H groups in total. The van der Waals surface area contributed by atoms with E-state index in [9.17, 15) is 0 Å². The SMILES string of the molecule is CCNC(c1ccc(OCC)c(Br)c1)C1(C)CCCCC1. The highest BCUT2D eigenvalue weighted by atomic mass is 79.9. The van der Waals surface area contributed by atoms with Crippen LogP contribution in [0.3, 0.4) is 0 Å². The van der Waals surface area contributed by atoms with Crippen molar-refractivity contribution >= 4 is 15.9 Å². The molecule has 1 aromatic rings. The Morgan fingerprint density at radius 1 is 1.24 bits per heavy atom. The van der Waals surface area contributed by atoms with E-state index < -0.39 is 0 Å². The lowest BCUT2D eigenvalue weighted by molar-refractivity contribution is 0.146. The van der Waals surface area contributed by atoms with Crippen LogP contribution in [0.2, 0.25) is 0 Å². The van der Waals surface area contributed by atoms with Crippen LogP contribution in [0.4, 0.5) is 0 Å². The first kappa shape index (κ1) is 16.8. The lowest BCUT2D eigenvalue weighted by atomic mass is 9.68. The van der Waals surface area contributed by atoms with Crippen LogP contribution in [0.1, 0.15) is 64.5 Å². The van der Waals surface area contributed by atoms with Gasteiger partial charge in [0.2, 0.25) is 0 Å². The standard InChI is InChI=1S/C18H28BrNO/c1-4-20-17(18(3)11-7-6-8-12-18)14-9-10-16(21-5-2)15(19)13-14/h9-10,13,17,20H,4-8,11-12H2,1-3H3. The zero-order valence-electron chi connectivity index (χ0n) is 13.5. The van der Waals surface area contributed by atoms with E-state index in [0.717, 1.165) is 16.8 Å². The molecule has 118 valence electrons. The highest BCUT2D eigenvalue weighted by Crippen LogP contribution is 2.46. The van der Waals surface area contributed by atoms with Crippen LogP contribution >= 0.6 is 15.9 Å². The summed E-state index contributed by atoms with van der Waals surface area (Å²) in [5.41, 5.74) is 1.73. The number of ether oxygens (including phenoxy) is 1. The summed E-state index contributed by atoms with van der Waals surface area (Å²) in [7, 11) is 0. The summed E-state index contributed by atoms with van der Waals surface area (Å²) < 4.78 is 6.69. The largest absolute Gasteiger partial charge is 0.493 e. The summed E-state index contributed by atoms with van der Waals surface area (Å²) in [6.45, 7) is 8.37. The Balaban J connectivity index is 2.27. The molecular formula is C18H28BrNO. The van der Waals surface area contributed by atoms with Crippen molar-refractivity contribution < 1.29 is 4.74 Å². The van der Waals surface area contributed by atoms with E-state index in [4.69, 9.17) is 4.74 Å².